The van der Waals surface area contributed by atoms with Crippen LogP contribution < -0.4 is 0 Å². The standard InChI is InChI=1S/C15H19N/c1-10(2)14-7-13-5-4-12(11(3)9-16)6-15(13)8-14/h4-6,10-11,14H,7-8H2,1-3H3/t11-,14+/m1/s1. The van der Waals surface area contributed by atoms with Gasteiger partial charge in [-0.1, -0.05) is 32.0 Å². The summed E-state index contributed by atoms with van der Waals surface area (Å²) in [4.78, 5) is 0. The van der Waals surface area contributed by atoms with Gasteiger partial charge < -0.3 is 0 Å². The highest BCUT2D eigenvalue weighted by molar-refractivity contribution is 5.38. The van der Waals surface area contributed by atoms with E-state index in [1.165, 1.54) is 29.5 Å². The van der Waals surface area contributed by atoms with Crippen LogP contribution in [-0.4, -0.2) is 0 Å². The Labute approximate surface area is 98.1 Å². The van der Waals surface area contributed by atoms with Crippen molar-refractivity contribution in [3.8, 4) is 6.07 Å². The van der Waals surface area contributed by atoms with Gasteiger partial charge in [-0.05, 0) is 48.3 Å². The molecular formula is C15H19N. The van der Waals surface area contributed by atoms with Gasteiger partial charge in [0.1, 0.15) is 0 Å². The molecule has 1 aliphatic carbocycles. The second-order valence-electron chi connectivity index (χ2n) is 5.29. The Morgan fingerprint density at radius 2 is 1.88 bits per heavy atom. The van der Waals surface area contributed by atoms with Crippen molar-refractivity contribution < 1.29 is 0 Å². The van der Waals surface area contributed by atoms with E-state index in [0.29, 0.717) is 0 Å². The predicted octanol–water partition coefficient (Wildman–Crippen LogP) is 3.68. The van der Waals surface area contributed by atoms with Crippen LogP contribution in [0.3, 0.4) is 0 Å². The minimum absolute atomic E-state index is 0.0170. The van der Waals surface area contributed by atoms with E-state index in [1.54, 1.807) is 0 Å². The first-order valence-corrected chi connectivity index (χ1v) is 6.13. The van der Waals surface area contributed by atoms with Crippen molar-refractivity contribution in [2.24, 2.45) is 11.8 Å². The van der Waals surface area contributed by atoms with Crippen LogP contribution in [0.2, 0.25) is 0 Å². The summed E-state index contributed by atoms with van der Waals surface area (Å²) in [6.07, 6.45) is 2.41. The van der Waals surface area contributed by atoms with E-state index in [-0.39, 0.29) is 5.92 Å². The third-order valence-electron chi connectivity index (χ3n) is 3.83. The SMILES string of the molecule is CC(C)[C@H]1Cc2ccc([C@H](C)C#N)cc2C1. The van der Waals surface area contributed by atoms with E-state index in [2.05, 4.69) is 38.1 Å². The molecule has 0 saturated heterocycles. The lowest BCUT2D eigenvalue weighted by Gasteiger charge is -2.12. The van der Waals surface area contributed by atoms with Crippen LogP contribution in [-0.2, 0) is 12.8 Å². The molecule has 1 heteroatoms. The van der Waals surface area contributed by atoms with Gasteiger partial charge in [0.2, 0.25) is 0 Å². The largest absolute Gasteiger partial charge is 0.198 e. The summed E-state index contributed by atoms with van der Waals surface area (Å²) in [6.45, 7) is 6.57. The Balaban J connectivity index is 2.25. The summed E-state index contributed by atoms with van der Waals surface area (Å²) in [6, 6.07) is 8.89. The zero-order chi connectivity index (χ0) is 11.7. The highest BCUT2D eigenvalue weighted by atomic mass is 14.3. The molecule has 1 nitrogen and oxygen atoms in total. The predicted molar refractivity (Wildman–Crippen MR) is 66.2 cm³/mol. The zero-order valence-corrected chi connectivity index (χ0v) is 10.3. The lowest BCUT2D eigenvalue weighted by atomic mass is 9.93. The van der Waals surface area contributed by atoms with Crippen molar-refractivity contribution in [3.05, 3.63) is 34.9 Å². The molecule has 0 fully saturated rings. The fourth-order valence-electron chi connectivity index (χ4n) is 2.49. The summed E-state index contributed by atoms with van der Waals surface area (Å²) >= 11 is 0. The van der Waals surface area contributed by atoms with E-state index in [1.807, 2.05) is 6.92 Å². The van der Waals surface area contributed by atoms with Gasteiger partial charge in [0.05, 0.1) is 12.0 Å². The van der Waals surface area contributed by atoms with E-state index in [4.69, 9.17) is 5.26 Å². The molecule has 0 aromatic heterocycles. The Bertz CT molecular complexity index is 426. The van der Waals surface area contributed by atoms with Crippen LogP contribution in [0.25, 0.3) is 0 Å². The van der Waals surface area contributed by atoms with Gasteiger partial charge in [0, 0.05) is 0 Å². The van der Waals surface area contributed by atoms with Gasteiger partial charge in [-0.25, -0.2) is 0 Å². The zero-order valence-electron chi connectivity index (χ0n) is 10.3. The number of nitrogens with zero attached hydrogens (tertiary/aromatic N) is 1. The van der Waals surface area contributed by atoms with Crippen LogP contribution in [0.5, 0.6) is 0 Å². The highest BCUT2D eigenvalue weighted by Gasteiger charge is 2.24. The molecule has 0 amide bonds. The average Bonchev–Trinajstić information content (AvgIpc) is 2.70. The molecule has 0 saturated carbocycles. The van der Waals surface area contributed by atoms with Crippen LogP contribution in [0.4, 0.5) is 0 Å². The first-order chi connectivity index (χ1) is 7.61. The number of benzene rings is 1. The molecule has 1 aliphatic rings. The van der Waals surface area contributed by atoms with E-state index < -0.39 is 0 Å². The molecule has 2 atom stereocenters. The maximum absolute atomic E-state index is 8.93. The van der Waals surface area contributed by atoms with Crippen molar-refractivity contribution in [3.63, 3.8) is 0 Å². The monoisotopic (exact) mass is 213 g/mol. The third kappa shape index (κ3) is 1.97. The fraction of sp³-hybridized carbons (Fsp3) is 0.533. The Hall–Kier alpha value is -1.29. The van der Waals surface area contributed by atoms with Crippen LogP contribution >= 0.6 is 0 Å². The normalized spacial score (nSPS) is 20.6. The van der Waals surface area contributed by atoms with Gasteiger partial charge in [0.15, 0.2) is 0 Å². The lowest BCUT2D eigenvalue weighted by molar-refractivity contribution is 0.404. The molecule has 0 N–H and O–H groups in total. The maximum atomic E-state index is 8.93. The molecule has 0 aliphatic heterocycles. The minimum Gasteiger partial charge on any atom is -0.198 e. The first kappa shape index (κ1) is 11.2. The highest BCUT2D eigenvalue weighted by Crippen LogP contribution is 2.33. The number of hydrogen-bond acceptors (Lipinski definition) is 1. The molecule has 1 aromatic carbocycles. The number of rotatable bonds is 2. The van der Waals surface area contributed by atoms with Gasteiger partial charge in [-0.2, -0.15) is 5.26 Å². The molecule has 16 heavy (non-hydrogen) atoms. The first-order valence-electron chi connectivity index (χ1n) is 6.13. The average molecular weight is 213 g/mol. The number of nitriles is 1. The summed E-state index contributed by atoms with van der Waals surface area (Å²) < 4.78 is 0. The molecule has 0 unspecified atom stereocenters. The van der Waals surface area contributed by atoms with Gasteiger partial charge >= 0.3 is 0 Å². The summed E-state index contributed by atoms with van der Waals surface area (Å²) in [7, 11) is 0. The van der Waals surface area contributed by atoms with E-state index >= 15 is 0 Å². The van der Waals surface area contributed by atoms with E-state index in [9.17, 15) is 0 Å². The second kappa shape index (κ2) is 4.29. The smallest absolute Gasteiger partial charge is 0.0700 e. The molecule has 0 radical (unpaired) electrons. The maximum Gasteiger partial charge on any atom is 0.0700 e. The van der Waals surface area contributed by atoms with Crippen molar-refractivity contribution in [2.75, 3.05) is 0 Å². The third-order valence-corrected chi connectivity index (χ3v) is 3.83. The van der Waals surface area contributed by atoms with Gasteiger partial charge in [-0.3, -0.25) is 0 Å². The molecule has 0 spiro atoms. The Morgan fingerprint density at radius 1 is 1.19 bits per heavy atom. The minimum atomic E-state index is 0.0170. The van der Waals surface area contributed by atoms with E-state index in [0.717, 1.165) is 11.8 Å². The van der Waals surface area contributed by atoms with Crippen LogP contribution in [0.1, 0.15) is 43.4 Å². The quantitative estimate of drug-likeness (QED) is 0.735. The summed E-state index contributed by atoms with van der Waals surface area (Å²) in [5.41, 5.74) is 4.14. The summed E-state index contributed by atoms with van der Waals surface area (Å²) in [5, 5.41) is 8.93. The number of fused-ring (bicyclic) bond motifs is 1. The Morgan fingerprint density at radius 3 is 2.50 bits per heavy atom. The fourth-order valence-corrected chi connectivity index (χ4v) is 2.49. The van der Waals surface area contributed by atoms with Gasteiger partial charge in [0.25, 0.3) is 0 Å². The molecule has 0 bridgehead atoms. The van der Waals surface area contributed by atoms with Crippen LogP contribution in [0.15, 0.2) is 18.2 Å². The summed E-state index contributed by atoms with van der Waals surface area (Å²) in [5.74, 6) is 1.57. The van der Waals surface area contributed by atoms with Crippen molar-refractivity contribution in [1.29, 1.82) is 5.26 Å². The molecule has 84 valence electrons. The molecular weight excluding hydrogens is 194 g/mol. The second-order valence-corrected chi connectivity index (χ2v) is 5.29. The molecule has 2 rings (SSSR count). The molecule has 0 heterocycles. The van der Waals surface area contributed by atoms with Crippen molar-refractivity contribution in [1.82, 2.24) is 0 Å². The topological polar surface area (TPSA) is 23.8 Å². The number of hydrogen-bond donors (Lipinski definition) is 0. The van der Waals surface area contributed by atoms with Crippen molar-refractivity contribution in [2.45, 2.75) is 39.5 Å². The van der Waals surface area contributed by atoms with Crippen molar-refractivity contribution >= 4 is 0 Å². The van der Waals surface area contributed by atoms with Crippen LogP contribution in [0, 0.1) is 23.2 Å². The molecule has 1 aromatic rings. The Kier molecular flexibility index (Phi) is 3.01. The lowest BCUT2D eigenvalue weighted by Crippen LogP contribution is -2.07. The van der Waals surface area contributed by atoms with Gasteiger partial charge in [-0.15, -0.1) is 0 Å².